The maximum Gasteiger partial charge on any atom is 0.0584 e. The molecule has 2 nitrogen and oxygen atoms in total. The van der Waals surface area contributed by atoms with Gasteiger partial charge in [-0.25, -0.2) is 0 Å². The molecule has 0 bridgehead atoms. The van der Waals surface area contributed by atoms with Crippen molar-refractivity contribution in [3.05, 3.63) is 0 Å². The van der Waals surface area contributed by atoms with Gasteiger partial charge in [0.05, 0.1) is 6.61 Å². The molecule has 0 fully saturated rings. The van der Waals surface area contributed by atoms with Gasteiger partial charge in [-0.15, -0.1) is 0 Å². The lowest BCUT2D eigenvalue weighted by molar-refractivity contribution is 0.232. The summed E-state index contributed by atoms with van der Waals surface area (Å²) in [6, 6.07) is 0.330. The number of nitrogens with one attached hydrogen (secondary N) is 1. The van der Waals surface area contributed by atoms with Crippen LogP contribution in [0.1, 0.15) is 104 Å². The molecule has 0 spiro atoms. The number of hydrogen-bond donors (Lipinski definition) is 2. The number of unbranched alkanes of at least 4 members (excludes halogenated alkanes) is 11. The average Bonchev–Trinajstić information content (AvgIpc) is 2.51. The first-order valence-electron chi connectivity index (χ1n) is 9.69. The quantitative estimate of drug-likeness (QED) is 0.351. The van der Waals surface area contributed by atoms with Crippen LogP contribution in [0.3, 0.4) is 0 Å². The minimum atomic E-state index is 0.296. The topological polar surface area (TPSA) is 32.3 Å². The smallest absolute Gasteiger partial charge is 0.0584 e. The van der Waals surface area contributed by atoms with Crippen molar-refractivity contribution >= 4 is 0 Å². The average molecular weight is 300 g/mol. The summed E-state index contributed by atoms with van der Waals surface area (Å²) in [5.41, 5.74) is 0. The van der Waals surface area contributed by atoms with Gasteiger partial charge in [0.25, 0.3) is 0 Å². The SMILES string of the molecule is CCCCCCCCCCNC(CO)CCCCCCC. The highest BCUT2D eigenvalue weighted by atomic mass is 16.3. The zero-order chi connectivity index (χ0) is 15.6. The van der Waals surface area contributed by atoms with E-state index < -0.39 is 0 Å². The van der Waals surface area contributed by atoms with Gasteiger partial charge < -0.3 is 10.4 Å². The fourth-order valence-electron chi connectivity index (χ4n) is 2.82. The molecule has 0 aromatic rings. The zero-order valence-corrected chi connectivity index (χ0v) is 14.8. The van der Waals surface area contributed by atoms with E-state index in [9.17, 15) is 5.11 Å². The predicted molar refractivity (Wildman–Crippen MR) is 94.9 cm³/mol. The van der Waals surface area contributed by atoms with Crippen LogP contribution < -0.4 is 5.32 Å². The van der Waals surface area contributed by atoms with Crippen LogP contribution in [0.25, 0.3) is 0 Å². The van der Waals surface area contributed by atoms with Crippen LogP contribution in [0.2, 0.25) is 0 Å². The molecule has 128 valence electrons. The van der Waals surface area contributed by atoms with E-state index in [-0.39, 0.29) is 0 Å². The number of hydrogen-bond acceptors (Lipinski definition) is 2. The molecule has 0 amide bonds. The summed E-state index contributed by atoms with van der Waals surface area (Å²) in [6.07, 6.45) is 18.7. The van der Waals surface area contributed by atoms with E-state index in [0.29, 0.717) is 12.6 Å². The van der Waals surface area contributed by atoms with Crippen molar-refractivity contribution in [3.8, 4) is 0 Å². The summed E-state index contributed by atoms with van der Waals surface area (Å²) in [4.78, 5) is 0. The van der Waals surface area contributed by atoms with Crippen LogP contribution in [0.15, 0.2) is 0 Å². The highest BCUT2D eigenvalue weighted by molar-refractivity contribution is 4.65. The van der Waals surface area contributed by atoms with E-state index in [1.54, 1.807) is 0 Å². The van der Waals surface area contributed by atoms with Crippen molar-refractivity contribution in [2.24, 2.45) is 0 Å². The second kappa shape index (κ2) is 18.0. The largest absolute Gasteiger partial charge is 0.395 e. The molecule has 0 saturated carbocycles. The molecule has 21 heavy (non-hydrogen) atoms. The van der Waals surface area contributed by atoms with Crippen molar-refractivity contribution in [2.45, 2.75) is 110 Å². The summed E-state index contributed by atoms with van der Waals surface area (Å²) in [5.74, 6) is 0. The molecular weight excluding hydrogens is 258 g/mol. The molecule has 0 aliphatic carbocycles. The summed E-state index contributed by atoms with van der Waals surface area (Å²) in [7, 11) is 0. The minimum Gasteiger partial charge on any atom is -0.395 e. The third kappa shape index (κ3) is 16.1. The van der Waals surface area contributed by atoms with Gasteiger partial charge in [0, 0.05) is 6.04 Å². The Labute approximate surface area is 134 Å². The third-order valence-corrected chi connectivity index (χ3v) is 4.34. The number of rotatable bonds is 17. The lowest BCUT2D eigenvalue weighted by atomic mass is 10.1. The zero-order valence-electron chi connectivity index (χ0n) is 14.8. The van der Waals surface area contributed by atoms with Gasteiger partial charge in [-0.1, -0.05) is 90.9 Å². The molecule has 1 unspecified atom stereocenters. The second-order valence-corrected chi connectivity index (χ2v) is 6.51. The van der Waals surface area contributed by atoms with Gasteiger partial charge in [0.2, 0.25) is 0 Å². The Balaban J connectivity index is 3.26. The standard InChI is InChI=1S/C19H41NO/c1-3-5-7-9-10-11-13-15-17-20-19(18-21)16-14-12-8-6-4-2/h19-21H,3-18H2,1-2H3. The fraction of sp³-hybridized carbons (Fsp3) is 1.00. The van der Waals surface area contributed by atoms with Crippen LogP contribution in [0.5, 0.6) is 0 Å². The van der Waals surface area contributed by atoms with Gasteiger partial charge in [-0.2, -0.15) is 0 Å². The Morgan fingerprint density at radius 3 is 1.67 bits per heavy atom. The Morgan fingerprint density at radius 1 is 0.667 bits per heavy atom. The summed E-state index contributed by atoms with van der Waals surface area (Å²) in [6.45, 7) is 5.90. The van der Waals surface area contributed by atoms with Crippen LogP contribution in [-0.4, -0.2) is 24.3 Å². The van der Waals surface area contributed by atoms with Gasteiger partial charge in [0.1, 0.15) is 0 Å². The predicted octanol–water partition coefficient (Wildman–Crippen LogP) is 5.44. The molecule has 0 radical (unpaired) electrons. The molecule has 0 aromatic carbocycles. The van der Waals surface area contributed by atoms with Crippen LogP contribution in [0.4, 0.5) is 0 Å². The van der Waals surface area contributed by atoms with Gasteiger partial charge in [0.15, 0.2) is 0 Å². The van der Waals surface area contributed by atoms with Gasteiger partial charge in [-0.3, -0.25) is 0 Å². The summed E-state index contributed by atoms with van der Waals surface area (Å²) < 4.78 is 0. The number of aliphatic hydroxyl groups is 1. The highest BCUT2D eigenvalue weighted by Gasteiger charge is 2.05. The first-order chi connectivity index (χ1) is 10.3. The van der Waals surface area contributed by atoms with Crippen LogP contribution in [0, 0.1) is 0 Å². The van der Waals surface area contributed by atoms with E-state index in [1.165, 1.54) is 83.5 Å². The lowest BCUT2D eigenvalue weighted by Gasteiger charge is -2.16. The number of aliphatic hydroxyl groups excluding tert-OH is 1. The monoisotopic (exact) mass is 299 g/mol. The molecule has 2 heteroatoms. The molecule has 0 aliphatic heterocycles. The first-order valence-corrected chi connectivity index (χ1v) is 9.69. The van der Waals surface area contributed by atoms with Crippen molar-refractivity contribution in [3.63, 3.8) is 0 Å². The lowest BCUT2D eigenvalue weighted by Crippen LogP contribution is -2.33. The van der Waals surface area contributed by atoms with Crippen molar-refractivity contribution < 1.29 is 5.11 Å². The van der Waals surface area contributed by atoms with Crippen LogP contribution >= 0.6 is 0 Å². The summed E-state index contributed by atoms with van der Waals surface area (Å²) >= 11 is 0. The van der Waals surface area contributed by atoms with Crippen LogP contribution in [-0.2, 0) is 0 Å². The Morgan fingerprint density at radius 2 is 1.14 bits per heavy atom. The molecule has 0 rings (SSSR count). The summed E-state index contributed by atoms with van der Waals surface area (Å²) in [5, 5.41) is 12.9. The molecule has 1 atom stereocenters. The van der Waals surface area contributed by atoms with Crippen molar-refractivity contribution in [2.75, 3.05) is 13.2 Å². The van der Waals surface area contributed by atoms with Crippen molar-refractivity contribution in [1.82, 2.24) is 5.32 Å². The fourth-order valence-corrected chi connectivity index (χ4v) is 2.82. The first kappa shape index (κ1) is 20.9. The van der Waals surface area contributed by atoms with E-state index in [1.807, 2.05) is 0 Å². The van der Waals surface area contributed by atoms with Crippen molar-refractivity contribution in [1.29, 1.82) is 0 Å². The molecule has 0 aliphatic rings. The molecular formula is C19H41NO. The second-order valence-electron chi connectivity index (χ2n) is 6.51. The molecule has 0 heterocycles. The molecule has 0 aromatic heterocycles. The van der Waals surface area contributed by atoms with Gasteiger partial charge >= 0.3 is 0 Å². The molecule has 2 N–H and O–H groups in total. The minimum absolute atomic E-state index is 0.296. The maximum absolute atomic E-state index is 9.39. The Kier molecular flexibility index (Phi) is 17.9. The van der Waals surface area contributed by atoms with E-state index in [4.69, 9.17) is 0 Å². The third-order valence-electron chi connectivity index (χ3n) is 4.34. The van der Waals surface area contributed by atoms with E-state index >= 15 is 0 Å². The van der Waals surface area contributed by atoms with E-state index in [2.05, 4.69) is 19.2 Å². The van der Waals surface area contributed by atoms with E-state index in [0.717, 1.165) is 13.0 Å². The molecule has 0 saturated heterocycles. The highest BCUT2D eigenvalue weighted by Crippen LogP contribution is 2.09. The Hall–Kier alpha value is -0.0800. The van der Waals surface area contributed by atoms with Gasteiger partial charge in [-0.05, 0) is 19.4 Å². The maximum atomic E-state index is 9.39. The Bertz CT molecular complexity index is 184. The normalized spacial score (nSPS) is 12.7.